The molecule has 0 bridgehead atoms. The maximum atomic E-state index is 12.9. The first-order valence-electron chi connectivity index (χ1n) is 9.41. The van der Waals surface area contributed by atoms with Crippen LogP contribution in [0.15, 0.2) is 22.7 Å². The van der Waals surface area contributed by atoms with E-state index >= 15 is 0 Å². The molecule has 0 saturated carbocycles. The van der Waals surface area contributed by atoms with Gasteiger partial charge in [-0.2, -0.15) is 0 Å². The molecule has 2 aliphatic rings. The Kier molecular flexibility index (Phi) is 4.92. The summed E-state index contributed by atoms with van der Waals surface area (Å²) in [4.78, 5) is 21.4. The van der Waals surface area contributed by atoms with Gasteiger partial charge in [0.05, 0.1) is 30.9 Å². The first-order valence-corrected chi connectivity index (χ1v) is 9.41. The summed E-state index contributed by atoms with van der Waals surface area (Å²) in [6.45, 7) is 7.94. The van der Waals surface area contributed by atoms with Crippen molar-refractivity contribution < 1.29 is 13.9 Å². The molecular formula is C19H25N5O3. The van der Waals surface area contributed by atoms with E-state index in [2.05, 4.69) is 20.1 Å². The lowest BCUT2D eigenvalue weighted by Gasteiger charge is -2.47. The van der Waals surface area contributed by atoms with Gasteiger partial charge in [0.2, 0.25) is 11.8 Å². The molecule has 4 rings (SSSR count). The summed E-state index contributed by atoms with van der Waals surface area (Å²) >= 11 is 0. The normalized spacial score (nSPS) is 20.1. The van der Waals surface area contributed by atoms with Gasteiger partial charge in [0.15, 0.2) is 0 Å². The third-order valence-electron chi connectivity index (χ3n) is 5.47. The monoisotopic (exact) mass is 371 g/mol. The average molecular weight is 371 g/mol. The van der Waals surface area contributed by atoms with E-state index in [-0.39, 0.29) is 11.5 Å². The third kappa shape index (κ3) is 3.86. The number of nitrogens with zero attached hydrogens (tertiary/aromatic N) is 5. The summed E-state index contributed by atoms with van der Waals surface area (Å²) in [5, 5.41) is 7.96. The maximum absolute atomic E-state index is 12.9. The molecule has 0 aromatic carbocycles. The summed E-state index contributed by atoms with van der Waals surface area (Å²) in [7, 11) is 0. The molecule has 8 nitrogen and oxygen atoms in total. The fraction of sp³-hybridized carbons (Fsp3) is 0.579. The zero-order valence-electron chi connectivity index (χ0n) is 15.8. The summed E-state index contributed by atoms with van der Waals surface area (Å²) in [5.74, 6) is 1.29. The number of pyridine rings is 1. The Morgan fingerprint density at radius 2 is 2.04 bits per heavy atom. The Morgan fingerprint density at radius 3 is 2.74 bits per heavy atom. The van der Waals surface area contributed by atoms with E-state index in [0.717, 1.165) is 31.6 Å². The van der Waals surface area contributed by atoms with Gasteiger partial charge in [0, 0.05) is 38.4 Å². The topological polar surface area (TPSA) is 84.6 Å². The molecule has 2 aliphatic heterocycles. The quantitative estimate of drug-likeness (QED) is 0.810. The standard InChI is InChI=1S/C19H25N5O3/c1-14-16(4-3-7-20-14)18(25)24-10-11-26-19(13-24)5-8-23(9-6-19)12-17-22-21-15(2)27-17/h3-4,7H,5-6,8-13H2,1-2H3. The fourth-order valence-corrected chi connectivity index (χ4v) is 3.91. The van der Waals surface area contributed by atoms with Crippen molar-refractivity contribution in [2.24, 2.45) is 0 Å². The molecule has 0 radical (unpaired) electrons. The minimum atomic E-state index is -0.259. The number of hydrogen-bond acceptors (Lipinski definition) is 7. The van der Waals surface area contributed by atoms with Crippen LogP contribution in [0.5, 0.6) is 0 Å². The minimum absolute atomic E-state index is 0.0482. The molecule has 2 aromatic heterocycles. The molecule has 0 atom stereocenters. The number of aromatic nitrogens is 3. The van der Waals surface area contributed by atoms with Crippen molar-refractivity contribution in [2.45, 2.75) is 38.8 Å². The number of carbonyl (C=O) groups excluding carboxylic acids is 1. The maximum Gasteiger partial charge on any atom is 0.255 e. The van der Waals surface area contributed by atoms with Gasteiger partial charge in [-0.3, -0.25) is 14.7 Å². The SMILES string of the molecule is Cc1nnc(CN2CCC3(CC2)CN(C(=O)c2cccnc2C)CCO3)o1. The number of aryl methyl sites for hydroxylation is 2. The Morgan fingerprint density at radius 1 is 1.22 bits per heavy atom. The van der Waals surface area contributed by atoms with Crippen molar-refractivity contribution in [1.82, 2.24) is 25.0 Å². The summed E-state index contributed by atoms with van der Waals surface area (Å²) in [6, 6.07) is 3.66. The molecule has 1 spiro atoms. The lowest BCUT2D eigenvalue weighted by Crippen LogP contribution is -2.58. The van der Waals surface area contributed by atoms with Crippen LogP contribution in [0.3, 0.4) is 0 Å². The van der Waals surface area contributed by atoms with Crippen molar-refractivity contribution in [2.75, 3.05) is 32.8 Å². The molecule has 2 fully saturated rings. The van der Waals surface area contributed by atoms with Crippen LogP contribution in [0.1, 0.15) is 40.7 Å². The number of hydrogen-bond donors (Lipinski definition) is 0. The summed E-state index contributed by atoms with van der Waals surface area (Å²) in [6.07, 6.45) is 3.49. The lowest BCUT2D eigenvalue weighted by atomic mass is 9.89. The van der Waals surface area contributed by atoms with Gasteiger partial charge in [-0.1, -0.05) is 0 Å². The fourth-order valence-electron chi connectivity index (χ4n) is 3.91. The zero-order chi connectivity index (χ0) is 18.9. The smallest absolute Gasteiger partial charge is 0.255 e. The molecule has 0 unspecified atom stereocenters. The van der Waals surface area contributed by atoms with E-state index < -0.39 is 0 Å². The highest BCUT2D eigenvalue weighted by Gasteiger charge is 2.41. The van der Waals surface area contributed by atoms with Crippen LogP contribution in [-0.4, -0.2) is 69.3 Å². The minimum Gasteiger partial charge on any atom is -0.424 e. The van der Waals surface area contributed by atoms with Gasteiger partial charge in [0.25, 0.3) is 5.91 Å². The highest BCUT2D eigenvalue weighted by molar-refractivity contribution is 5.95. The molecule has 4 heterocycles. The molecule has 144 valence electrons. The van der Waals surface area contributed by atoms with Crippen molar-refractivity contribution in [3.63, 3.8) is 0 Å². The largest absolute Gasteiger partial charge is 0.424 e. The highest BCUT2D eigenvalue weighted by atomic mass is 16.5. The van der Waals surface area contributed by atoms with Crippen molar-refractivity contribution in [3.8, 4) is 0 Å². The van der Waals surface area contributed by atoms with E-state index in [9.17, 15) is 4.79 Å². The van der Waals surface area contributed by atoms with Crippen molar-refractivity contribution in [1.29, 1.82) is 0 Å². The molecule has 0 N–H and O–H groups in total. The summed E-state index contributed by atoms with van der Waals surface area (Å²) in [5.41, 5.74) is 1.19. The molecule has 8 heteroatoms. The van der Waals surface area contributed by atoms with Gasteiger partial charge in [-0.05, 0) is 31.9 Å². The van der Waals surface area contributed by atoms with E-state index in [4.69, 9.17) is 9.15 Å². The second-order valence-corrected chi connectivity index (χ2v) is 7.39. The number of amides is 1. The Balaban J connectivity index is 1.38. The number of carbonyl (C=O) groups is 1. The Bertz CT molecular complexity index is 813. The van der Waals surface area contributed by atoms with Crippen LogP contribution < -0.4 is 0 Å². The van der Waals surface area contributed by atoms with Crippen LogP contribution in [0.2, 0.25) is 0 Å². The summed E-state index contributed by atoms with van der Waals surface area (Å²) < 4.78 is 11.6. The third-order valence-corrected chi connectivity index (χ3v) is 5.47. The van der Waals surface area contributed by atoms with E-state index in [1.165, 1.54) is 0 Å². The predicted octanol–water partition coefficient (Wildman–Crippen LogP) is 1.59. The molecule has 2 aromatic rings. The number of rotatable bonds is 3. The number of ether oxygens (including phenoxy) is 1. The van der Waals surface area contributed by atoms with Crippen LogP contribution in [-0.2, 0) is 11.3 Å². The van der Waals surface area contributed by atoms with E-state index in [1.54, 1.807) is 13.1 Å². The first kappa shape index (κ1) is 18.1. The van der Waals surface area contributed by atoms with Gasteiger partial charge in [-0.15, -0.1) is 10.2 Å². The molecule has 27 heavy (non-hydrogen) atoms. The van der Waals surface area contributed by atoms with E-state index in [1.807, 2.05) is 24.0 Å². The zero-order valence-corrected chi connectivity index (χ0v) is 15.8. The van der Waals surface area contributed by atoms with Gasteiger partial charge < -0.3 is 14.1 Å². The molecule has 2 saturated heterocycles. The second-order valence-electron chi connectivity index (χ2n) is 7.39. The van der Waals surface area contributed by atoms with Crippen LogP contribution in [0, 0.1) is 13.8 Å². The van der Waals surface area contributed by atoms with Crippen LogP contribution >= 0.6 is 0 Å². The molecular weight excluding hydrogens is 346 g/mol. The van der Waals surface area contributed by atoms with Crippen LogP contribution in [0.4, 0.5) is 0 Å². The van der Waals surface area contributed by atoms with E-state index in [0.29, 0.717) is 43.6 Å². The Hall–Kier alpha value is -2.32. The number of morpholine rings is 1. The van der Waals surface area contributed by atoms with Crippen molar-refractivity contribution in [3.05, 3.63) is 41.4 Å². The number of piperidine rings is 1. The first-order chi connectivity index (χ1) is 13.0. The van der Waals surface area contributed by atoms with Gasteiger partial charge in [-0.25, -0.2) is 0 Å². The Labute approximate surface area is 158 Å². The molecule has 0 aliphatic carbocycles. The van der Waals surface area contributed by atoms with Gasteiger partial charge >= 0.3 is 0 Å². The van der Waals surface area contributed by atoms with Gasteiger partial charge in [0.1, 0.15) is 0 Å². The van der Waals surface area contributed by atoms with Crippen LogP contribution in [0.25, 0.3) is 0 Å². The predicted molar refractivity (Wildman–Crippen MR) is 97.1 cm³/mol. The van der Waals surface area contributed by atoms with Crippen molar-refractivity contribution >= 4 is 5.91 Å². The average Bonchev–Trinajstić information content (AvgIpc) is 3.09. The highest BCUT2D eigenvalue weighted by Crippen LogP contribution is 2.31. The number of likely N-dealkylation sites (tertiary alicyclic amines) is 1. The lowest BCUT2D eigenvalue weighted by molar-refractivity contribution is -0.128. The second kappa shape index (κ2) is 7.36. The molecule has 1 amide bonds.